The van der Waals surface area contributed by atoms with E-state index in [1.807, 2.05) is 18.2 Å². The van der Waals surface area contributed by atoms with Gasteiger partial charge in [-0.2, -0.15) is 0 Å². The summed E-state index contributed by atoms with van der Waals surface area (Å²) in [7, 11) is 0. The van der Waals surface area contributed by atoms with Gasteiger partial charge >= 0.3 is 0 Å². The third-order valence-corrected chi connectivity index (χ3v) is 3.41. The summed E-state index contributed by atoms with van der Waals surface area (Å²) in [5.74, 6) is 0. The van der Waals surface area contributed by atoms with Gasteiger partial charge in [0.05, 0.1) is 11.7 Å². The van der Waals surface area contributed by atoms with Crippen LogP contribution in [0.15, 0.2) is 18.2 Å². The normalized spacial score (nSPS) is 23.2. The SMILES string of the molecule is CC1CN(c2cc(Cl)ccc2CN)CC(C)(C)O1. The summed E-state index contributed by atoms with van der Waals surface area (Å²) in [6.07, 6.45) is 0.207. The van der Waals surface area contributed by atoms with Crippen LogP contribution >= 0.6 is 11.6 Å². The lowest BCUT2D eigenvalue weighted by Crippen LogP contribution is -2.52. The number of hydrogen-bond acceptors (Lipinski definition) is 3. The van der Waals surface area contributed by atoms with Gasteiger partial charge in [0.1, 0.15) is 0 Å². The molecule has 4 heteroatoms. The van der Waals surface area contributed by atoms with E-state index < -0.39 is 0 Å². The fourth-order valence-corrected chi connectivity index (χ4v) is 2.81. The highest BCUT2D eigenvalue weighted by Crippen LogP contribution is 2.30. The smallest absolute Gasteiger partial charge is 0.0805 e. The van der Waals surface area contributed by atoms with Crippen molar-refractivity contribution in [2.75, 3.05) is 18.0 Å². The first-order valence-electron chi connectivity index (χ1n) is 6.32. The largest absolute Gasteiger partial charge is 0.369 e. The number of nitrogens with zero attached hydrogens (tertiary/aromatic N) is 1. The number of nitrogens with two attached hydrogens (primary N) is 1. The summed E-state index contributed by atoms with van der Waals surface area (Å²) in [4.78, 5) is 2.32. The predicted molar refractivity (Wildman–Crippen MR) is 76.2 cm³/mol. The Kier molecular flexibility index (Phi) is 3.85. The zero-order chi connectivity index (χ0) is 13.3. The van der Waals surface area contributed by atoms with E-state index in [4.69, 9.17) is 22.1 Å². The molecule has 1 heterocycles. The molecule has 1 fully saturated rings. The molecule has 1 saturated heterocycles. The van der Waals surface area contributed by atoms with Gasteiger partial charge in [0.15, 0.2) is 0 Å². The van der Waals surface area contributed by atoms with Crippen molar-refractivity contribution in [1.82, 2.24) is 0 Å². The molecule has 0 radical (unpaired) electrons. The molecule has 2 N–H and O–H groups in total. The molecule has 3 nitrogen and oxygen atoms in total. The second-order valence-corrected chi connectivity index (χ2v) is 5.98. The Hall–Kier alpha value is -0.770. The van der Waals surface area contributed by atoms with E-state index in [2.05, 4.69) is 25.7 Å². The Bertz CT molecular complexity index is 434. The van der Waals surface area contributed by atoms with Crippen LogP contribution < -0.4 is 10.6 Å². The molecule has 1 atom stereocenters. The van der Waals surface area contributed by atoms with Gasteiger partial charge in [0, 0.05) is 30.3 Å². The Labute approximate surface area is 114 Å². The van der Waals surface area contributed by atoms with Crippen molar-refractivity contribution in [3.05, 3.63) is 28.8 Å². The van der Waals surface area contributed by atoms with Crippen molar-refractivity contribution >= 4 is 17.3 Å². The van der Waals surface area contributed by atoms with E-state index in [-0.39, 0.29) is 11.7 Å². The molecular formula is C14H21ClN2O. The monoisotopic (exact) mass is 268 g/mol. The van der Waals surface area contributed by atoms with Crippen molar-refractivity contribution in [1.29, 1.82) is 0 Å². The summed E-state index contributed by atoms with van der Waals surface area (Å²) >= 11 is 6.10. The van der Waals surface area contributed by atoms with Crippen LogP contribution in [0.4, 0.5) is 5.69 Å². The maximum atomic E-state index is 6.10. The molecule has 0 amide bonds. The standard InChI is InChI=1S/C14H21ClN2O/c1-10-8-17(9-14(2,3)18-10)13-6-12(15)5-4-11(13)7-16/h4-6,10H,7-9,16H2,1-3H3. The van der Waals surface area contributed by atoms with Crippen LogP contribution in [0.5, 0.6) is 0 Å². The van der Waals surface area contributed by atoms with Gasteiger partial charge in [-0.3, -0.25) is 0 Å². The Morgan fingerprint density at radius 2 is 2.22 bits per heavy atom. The maximum Gasteiger partial charge on any atom is 0.0805 e. The molecule has 0 aromatic heterocycles. The predicted octanol–water partition coefficient (Wildman–Crippen LogP) is 2.80. The molecule has 0 saturated carbocycles. The second kappa shape index (κ2) is 5.08. The second-order valence-electron chi connectivity index (χ2n) is 5.55. The maximum absolute atomic E-state index is 6.10. The Morgan fingerprint density at radius 1 is 1.50 bits per heavy atom. The molecule has 1 aliphatic heterocycles. The minimum atomic E-state index is -0.147. The van der Waals surface area contributed by atoms with Crippen LogP contribution in [0.3, 0.4) is 0 Å². The number of rotatable bonds is 2. The molecule has 1 aliphatic rings. The molecule has 1 aromatic carbocycles. The summed E-state index contributed by atoms with van der Waals surface area (Å²) in [5.41, 5.74) is 7.92. The summed E-state index contributed by atoms with van der Waals surface area (Å²) < 4.78 is 5.92. The first-order valence-corrected chi connectivity index (χ1v) is 6.70. The molecule has 1 unspecified atom stereocenters. The van der Waals surface area contributed by atoms with Gasteiger partial charge in [-0.25, -0.2) is 0 Å². The van der Waals surface area contributed by atoms with Gasteiger partial charge in [0.2, 0.25) is 0 Å². The van der Waals surface area contributed by atoms with Gasteiger partial charge in [-0.15, -0.1) is 0 Å². The average Bonchev–Trinajstić information content (AvgIpc) is 2.26. The highest BCUT2D eigenvalue weighted by molar-refractivity contribution is 6.30. The third kappa shape index (κ3) is 2.97. The van der Waals surface area contributed by atoms with Crippen molar-refractivity contribution < 1.29 is 4.74 Å². The van der Waals surface area contributed by atoms with E-state index in [1.54, 1.807) is 0 Å². The number of morpholine rings is 1. The van der Waals surface area contributed by atoms with E-state index in [1.165, 1.54) is 0 Å². The third-order valence-electron chi connectivity index (χ3n) is 3.18. The summed E-state index contributed by atoms with van der Waals surface area (Å²) in [6, 6.07) is 5.89. The molecule has 18 heavy (non-hydrogen) atoms. The quantitative estimate of drug-likeness (QED) is 0.896. The van der Waals surface area contributed by atoms with Gasteiger partial charge in [0.25, 0.3) is 0 Å². The van der Waals surface area contributed by atoms with Crippen molar-refractivity contribution in [2.45, 2.75) is 39.0 Å². The fraction of sp³-hybridized carbons (Fsp3) is 0.571. The van der Waals surface area contributed by atoms with Crippen molar-refractivity contribution in [3.63, 3.8) is 0 Å². The topological polar surface area (TPSA) is 38.5 Å². The highest BCUT2D eigenvalue weighted by atomic mass is 35.5. The van der Waals surface area contributed by atoms with E-state index in [0.29, 0.717) is 6.54 Å². The Morgan fingerprint density at radius 3 is 2.83 bits per heavy atom. The average molecular weight is 269 g/mol. The van der Waals surface area contributed by atoms with Crippen LogP contribution in [-0.2, 0) is 11.3 Å². The first kappa shape index (κ1) is 13.7. The number of ether oxygens (including phenoxy) is 1. The van der Waals surface area contributed by atoms with Gasteiger partial charge in [-0.1, -0.05) is 17.7 Å². The van der Waals surface area contributed by atoms with Crippen LogP contribution in [-0.4, -0.2) is 24.8 Å². The molecule has 0 aliphatic carbocycles. The lowest BCUT2D eigenvalue weighted by Gasteiger charge is -2.43. The zero-order valence-corrected chi connectivity index (χ0v) is 12.0. The first-order chi connectivity index (χ1) is 8.41. The van der Waals surface area contributed by atoms with E-state index >= 15 is 0 Å². The van der Waals surface area contributed by atoms with Crippen LogP contribution in [0, 0.1) is 0 Å². The lowest BCUT2D eigenvalue weighted by molar-refractivity contribution is -0.0750. The highest BCUT2D eigenvalue weighted by Gasteiger charge is 2.32. The molecule has 100 valence electrons. The van der Waals surface area contributed by atoms with Crippen LogP contribution in [0.2, 0.25) is 5.02 Å². The van der Waals surface area contributed by atoms with Crippen LogP contribution in [0.25, 0.3) is 0 Å². The lowest BCUT2D eigenvalue weighted by atomic mass is 10.0. The minimum Gasteiger partial charge on any atom is -0.369 e. The number of benzene rings is 1. The number of hydrogen-bond donors (Lipinski definition) is 1. The number of anilines is 1. The van der Waals surface area contributed by atoms with Crippen molar-refractivity contribution in [3.8, 4) is 0 Å². The van der Waals surface area contributed by atoms with Crippen LogP contribution in [0.1, 0.15) is 26.3 Å². The molecular weight excluding hydrogens is 248 g/mol. The molecule has 2 rings (SSSR count). The van der Waals surface area contributed by atoms with E-state index in [0.717, 1.165) is 29.4 Å². The van der Waals surface area contributed by atoms with Crippen molar-refractivity contribution in [2.24, 2.45) is 5.73 Å². The number of halogens is 1. The molecule has 0 spiro atoms. The summed E-state index contributed by atoms with van der Waals surface area (Å²) in [6.45, 7) is 8.57. The fourth-order valence-electron chi connectivity index (χ4n) is 2.64. The minimum absolute atomic E-state index is 0.147. The molecule has 0 bridgehead atoms. The Balaban J connectivity index is 2.32. The molecule has 1 aromatic rings. The zero-order valence-electron chi connectivity index (χ0n) is 11.2. The van der Waals surface area contributed by atoms with Gasteiger partial charge < -0.3 is 15.4 Å². The summed E-state index contributed by atoms with van der Waals surface area (Å²) in [5, 5.41) is 0.749. The van der Waals surface area contributed by atoms with E-state index in [9.17, 15) is 0 Å². The van der Waals surface area contributed by atoms with Gasteiger partial charge in [-0.05, 0) is 38.5 Å².